The van der Waals surface area contributed by atoms with E-state index in [1.165, 1.54) is 0 Å². The van der Waals surface area contributed by atoms with Crippen LogP contribution in [0.5, 0.6) is 0 Å². The van der Waals surface area contributed by atoms with Gasteiger partial charge in [0.15, 0.2) is 0 Å². The van der Waals surface area contributed by atoms with Crippen LogP contribution >= 0.6 is 0 Å². The number of hydrogen-bond donors (Lipinski definition) is 1. The third-order valence-corrected chi connectivity index (χ3v) is 3.19. The maximum absolute atomic E-state index is 8.81. The third-order valence-electron chi connectivity index (χ3n) is 3.19. The minimum absolute atomic E-state index is 0.451. The molecule has 94 valence electrons. The Kier molecular flexibility index (Phi) is 4.32. The van der Waals surface area contributed by atoms with Crippen LogP contribution in [0.25, 0.3) is 0 Å². The van der Waals surface area contributed by atoms with Crippen LogP contribution < -0.4 is 5.32 Å². The van der Waals surface area contributed by atoms with Crippen LogP contribution in [0, 0.1) is 11.3 Å². The van der Waals surface area contributed by atoms with Gasteiger partial charge >= 0.3 is 0 Å². The monoisotopic (exact) mass is 242 g/mol. The van der Waals surface area contributed by atoms with Crippen LogP contribution in [0.1, 0.15) is 18.5 Å². The molecule has 0 bridgehead atoms. The lowest BCUT2D eigenvalue weighted by atomic mass is 10.1. The van der Waals surface area contributed by atoms with Gasteiger partial charge in [-0.1, -0.05) is 12.1 Å². The van der Waals surface area contributed by atoms with E-state index in [1.807, 2.05) is 18.2 Å². The summed E-state index contributed by atoms with van der Waals surface area (Å²) in [4.78, 5) is 6.63. The summed E-state index contributed by atoms with van der Waals surface area (Å²) in [5, 5.41) is 12.2. The number of anilines is 1. The molecule has 1 aromatic rings. The summed E-state index contributed by atoms with van der Waals surface area (Å²) in [6, 6.07) is 8.00. The number of nitrogens with one attached hydrogen (secondary N) is 1. The van der Waals surface area contributed by atoms with E-state index in [0.717, 1.165) is 38.3 Å². The zero-order valence-corrected chi connectivity index (χ0v) is 10.5. The maximum Gasteiger partial charge on any atom is 0.142 e. The fourth-order valence-corrected chi connectivity index (χ4v) is 2.23. The van der Waals surface area contributed by atoms with Crippen molar-refractivity contribution < 1.29 is 0 Å². The first kappa shape index (κ1) is 12.6. The number of nitrogens with zero attached hydrogens (tertiary/aromatic N) is 3. The Morgan fingerprint density at radius 3 is 2.94 bits per heavy atom. The van der Waals surface area contributed by atoms with Crippen molar-refractivity contribution in [2.75, 3.05) is 25.0 Å². The van der Waals surface area contributed by atoms with Gasteiger partial charge in [0, 0.05) is 25.7 Å². The molecule has 0 aliphatic carbocycles. The van der Waals surface area contributed by atoms with E-state index < -0.39 is 0 Å². The molecule has 1 aromatic heterocycles. The predicted octanol–water partition coefficient (Wildman–Crippen LogP) is 2.02. The number of rotatable bonds is 4. The first-order valence-electron chi connectivity index (χ1n) is 6.29. The SMILES string of the molecule is C=CCN1CCC(Nc2cccc(C#N)n2)CC1. The molecule has 0 aromatic carbocycles. The summed E-state index contributed by atoms with van der Waals surface area (Å²) in [6.07, 6.45) is 4.16. The Hall–Kier alpha value is -1.86. The van der Waals surface area contributed by atoms with Crippen molar-refractivity contribution in [2.24, 2.45) is 0 Å². The zero-order chi connectivity index (χ0) is 12.8. The molecule has 1 saturated heterocycles. The molecule has 0 amide bonds. The Bertz CT molecular complexity index is 441. The Morgan fingerprint density at radius 2 is 2.28 bits per heavy atom. The molecule has 4 heteroatoms. The van der Waals surface area contributed by atoms with E-state index in [4.69, 9.17) is 5.26 Å². The number of hydrogen-bond acceptors (Lipinski definition) is 4. The molecule has 0 spiro atoms. The molecule has 0 radical (unpaired) electrons. The molecule has 1 fully saturated rings. The van der Waals surface area contributed by atoms with Crippen LogP contribution in [0.4, 0.5) is 5.82 Å². The maximum atomic E-state index is 8.81. The number of pyridine rings is 1. The van der Waals surface area contributed by atoms with Gasteiger partial charge in [0.05, 0.1) is 0 Å². The molecule has 1 aliphatic rings. The second-order valence-electron chi connectivity index (χ2n) is 4.53. The standard InChI is InChI=1S/C14H18N4/c1-2-8-18-9-6-12(7-10-18)16-14-5-3-4-13(11-15)17-14/h2-5,12H,1,6-10H2,(H,16,17). The second-order valence-corrected chi connectivity index (χ2v) is 4.53. The topological polar surface area (TPSA) is 52.0 Å². The minimum atomic E-state index is 0.451. The van der Waals surface area contributed by atoms with Crippen LogP contribution in [-0.2, 0) is 0 Å². The van der Waals surface area contributed by atoms with Crippen molar-refractivity contribution in [3.63, 3.8) is 0 Å². The number of aromatic nitrogens is 1. The average molecular weight is 242 g/mol. The van der Waals surface area contributed by atoms with Gasteiger partial charge in [0.25, 0.3) is 0 Å². The fraction of sp³-hybridized carbons (Fsp3) is 0.429. The van der Waals surface area contributed by atoms with Gasteiger partial charge in [0.1, 0.15) is 17.6 Å². The van der Waals surface area contributed by atoms with Crippen LogP contribution in [0.15, 0.2) is 30.9 Å². The molecule has 4 nitrogen and oxygen atoms in total. The van der Waals surface area contributed by atoms with Gasteiger partial charge < -0.3 is 5.32 Å². The van der Waals surface area contributed by atoms with Crippen LogP contribution in [0.3, 0.4) is 0 Å². The van der Waals surface area contributed by atoms with E-state index in [-0.39, 0.29) is 0 Å². The molecule has 0 atom stereocenters. The van der Waals surface area contributed by atoms with Crippen molar-refractivity contribution in [1.29, 1.82) is 5.26 Å². The quantitative estimate of drug-likeness (QED) is 0.821. The van der Waals surface area contributed by atoms with Gasteiger partial charge in [-0.2, -0.15) is 5.26 Å². The normalized spacial score (nSPS) is 17.1. The lowest BCUT2D eigenvalue weighted by molar-refractivity contribution is 0.240. The Balaban J connectivity index is 1.87. The molecular formula is C14H18N4. The first-order chi connectivity index (χ1) is 8.81. The van der Waals surface area contributed by atoms with Gasteiger partial charge in [-0.25, -0.2) is 4.98 Å². The minimum Gasteiger partial charge on any atom is -0.367 e. The largest absolute Gasteiger partial charge is 0.367 e. The summed E-state index contributed by atoms with van der Waals surface area (Å²) in [7, 11) is 0. The average Bonchev–Trinajstić information content (AvgIpc) is 2.42. The van der Waals surface area contributed by atoms with Crippen molar-refractivity contribution in [3.05, 3.63) is 36.5 Å². The summed E-state index contributed by atoms with van der Waals surface area (Å²) in [5.41, 5.74) is 0.462. The first-order valence-corrected chi connectivity index (χ1v) is 6.29. The van der Waals surface area contributed by atoms with Gasteiger partial charge in [-0.3, -0.25) is 4.90 Å². The van der Waals surface area contributed by atoms with E-state index >= 15 is 0 Å². The van der Waals surface area contributed by atoms with Crippen molar-refractivity contribution in [1.82, 2.24) is 9.88 Å². The molecule has 1 aliphatic heterocycles. The smallest absolute Gasteiger partial charge is 0.142 e. The highest BCUT2D eigenvalue weighted by molar-refractivity contribution is 5.39. The summed E-state index contributed by atoms with van der Waals surface area (Å²) < 4.78 is 0. The van der Waals surface area contributed by atoms with E-state index in [9.17, 15) is 0 Å². The lowest BCUT2D eigenvalue weighted by Gasteiger charge is -2.31. The molecule has 2 rings (SSSR count). The van der Waals surface area contributed by atoms with Crippen molar-refractivity contribution in [2.45, 2.75) is 18.9 Å². The third kappa shape index (κ3) is 3.31. The number of likely N-dealkylation sites (tertiary alicyclic amines) is 1. The van der Waals surface area contributed by atoms with Gasteiger partial charge in [-0.05, 0) is 25.0 Å². The Morgan fingerprint density at radius 1 is 1.50 bits per heavy atom. The molecule has 2 heterocycles. The van der Waals surface area contributed by atoms with Crippen LogP contribution in [-0.4, -0.2) is 35.6 Å². The number of nitriles is 1. The van der Waals surface area contributed by atoms with Crippen molar-refractivity contribution >= 4 is 5.82 Å². The molecular weight excluding hydrogens is 224 g/mol. The predicted molar refractivity (Wildman–Crippen MR) is 72.2 cm³/mol. The summed E-state index contributed by atoms with van der Waals surface area (Å²) in [6.45, 7) is 6.90. The second kappa shape index (κ2) is 6.18. The highest BCUT2D eigenvalue weighted by Gasteiger charge is 2.18. The van der Waals surface area contributed by atoms with E-state index in [1.54, 1.807) is 6.07 Å². The fourth-order valence-electron chi connectivity index (χ4n) is 2.23. The summed E-state index contributed by atoms with van der Waals surface area (Å²) >= 11 is 0. The molecule has 0 unspecified atom stereocenters. The summed E-state index contributed by atoms with van der Waals surface area (Å²) in [5.74, 6) is 0.802. The van der Waals surface area contributed by atoms with E-state index in [0.29, 0.717) is 11.7 Å². The Labute approximate surface area is 108 Å². The molecule has 18 heavy (non-hydrogen) atoms. The van der Waals surface area contributed by atoms with Gasteiger partial charge in [0.2, 0.25) is 0 Å². The van der Waals surface area contributed by atoms with Crippen molar-refractivity contribution in [3.8, 4) is 6.07 Å². The van der Waals surface area contributed by atoms with Crippen LogP contribution in [0.2, 0.25) is 0 Å². The molecule has 0 saturated carbocycles. The highest BCUT2D eigenvalue weighted by Crippen LogP contribution is 2.15. The lowest BCUT2D eigenvalue weighted by Crippen LogP contribution is -2.39. The van der Waals surface area contributed by atoms with Gasteiger partial charge in [-0.15, -0.1) is 6.58 Å². The zero-order valence-electron chi connectivity index (χ0n) is 10.5. The highest BCUT2D eigenvalue weighted by atomic mass is 15.1. The van der Waals surface area contributed by atoms with E-state index in [2.05, 4.69) is 27.8 Å². The molecule has 1 N–H and O–H groups in total. The number of piperidine rings is 1.